The molecule has 0 saturated heterocycles. The van der Waals surface area contributed by atoms with E-state index in [1.165, 1.54) is 0 Å². The predicted molar refractivity (Wildman–Crippen MR) is 119 cm³/mol. The Morgan fingerprint density at radius 2 is 1.79 bits per heavy atom. The van der Waals surface area contributed by atoms with Crippen LogP contribution in [0.1, 0.15) is 25.3 Å². The second-order valence-electron chi connectivity index (χ2n) is 6.45. The number of benzene rings is 2. The standard InChI is InChI=1S/C22H24Cl3NO2/c1-4-6-20(21(27)12-15-7-9-17(28-3)10-8-15)26(11-5-2)22-18(24)13-16(23)14-19(22)25/h5,7-10,13-14,20H,2,4,6,11-12H2,1,3H3. The van der Waals surface area contributed by atoms with Gasteiger partial charge in [-0.25, -0.2) is 0 Å². The molecule has 0 spiro atoms. The van der Waals surface area contributed by atoms with Gasteiger partial charge in [0.15, 0.2) is 5.78 Å². The second kappa shape index (κ2) is 10.8. The fraction of sp³-hybridized carbons (Fsp3) is 0.318. The van der Waals surface area contributed by atoms with Gasteiger partial charge in [0.25, 0.3) is 0 Å². The van der Waals surface area contributed by atoms with E-state index in [1.54, 1.807) is 25.3 Å². The van der Waals surface area contributed by atoms with E-state index >= 15 is 0 Å². The average molecular weight is 441 g/mol. The summed E-state index contributed by atoms with van der Waals surface area (Å²) in [5.74, 6) is 0.852. The molecule has 2 aromatic rings. The maximum Gasteiger partial charge on any atom is 0.159 e. The number of nitrogens with zero attached hydrogens (tertiary/aromatic N) is 1. The number of rotatable bonds is 10. The first-order valence-corrected chi connectivity index (χ1v) is 10.2. The van der Waals surface area contributed by atoms with Gasteiger partial charge in [0.2, 0.25) is 0 Å². The maximum atomic E-state index is 13.2. The normalized spacial score (nSPS) is 11.8. The van der Waals surface area contributed by atoms with E-state index in [9.17, 15) is 4.79 Å². The Hall–Kier alpha value is -1.68. The first kappa shape index (κ1) is 22.6. The number of Topliss-reactive ketones (excluding diaryl/α,β-unsaturated/α-hetero) is 1. The summed E-state index contributed by atoms with van der Waals surface area (Å²) in [6, 6.07) is 10.4. The summed E-state index contributed by atoms with van der Waals surface area (Å²) in [7, 11) is 1.62. The van der Waals surface area contributed by atoms with Gasteiger partial charge in [-0.3, -0.25) is 4.79 Å². The molecule has 3 nitrogen and oxygen atoms in total. The van der Waals surface area contributed by atoms with Crippen LogP contribution in [0.2, 0.25) is 15.1 Å². The van der Waals surface area contributed by atoms with Crippen molar-refractivity contribution in [1.29, 1.82) is 0 Å². The molecular weight excluding hydrogens is 417 g/mol. The molecule has 1 atom stereocenters. The number of hydrogen-bond acceptors (Lipinski definition) is 3. The first-order chi connectivity index (χ1) is 13.4. The molecule has 0 heterocycles. The second-order valence-corrected chi connectivity index (χ2v) is 7.71. The number of methoxy groups -OCH3 is 1. The molecule has 150 valence electrons. The average Bonchev–Trinajstić information content (AvgIpc) is 2.65. The highest BCUT2D eigenvalue weighted by molar-refractivity contribution is 6.41. The van der Waals surface area contributed by atoms with Crippen LogP contribution < -0.4 is 9.64 Å². The van der Waals surface area contributed by atoms with E-state index < -0.39 is 0 Å². The monoisotopic (exact) mass is 439 g/mol. The summed E-state index contributed by atoms with van der Waals surface area (Å²) in [5, 5.41) is 1.28. The smallest absolute Gasteiger partial charge is 0.159 e. The fourth-order valence-electron chi connectivity index (χ4n) is 3.15. The highest BCUT2D eigenvalue weighted by Crippen LogP contribution is 2.38. The maximum absolute atomic E-state index is 13.2. The summed E-state index contributed by atoms with van der Waals surface area (Å²) in [5.41, 5.74) is 1.54. The number of halogens is 3. The zero-order chi connectivity index (χ0) is 20.7. The summed E-state index contributed by atoms with van der Waals surface area (Å²) in [6.07, 6.45) is 3.57. The SMILES string of the molecule is C=CCN(c1c(Cl)cc(Cl)cc1Cl)C(CCC)C(=O)Cc1ccc(OC)cc1. The highest BCUT2D eigenvalue weighted by Gasteiger charge is 2.28. The zero-order valence-electron chi connectivity index (χ0n) is 16.1. The van der Waals surface area contributed by atoms with Crippen molar-refractivity contribution in [3.8, 4) is 5.75 Å². The molecule has 0 amide bonds. The molecule has 2 aromatic carbocycles. The van der Waals surface area contributed by atoms with Gasteiger partial charge in [-0.2, -0.15) is 0 Å². The van der Waals surface area contributed by atoms with Gasteiger partial charge in [-0.1, -0.05) is 66.4 Å². The Morgan fingerprint density at radius 3 is 2.29 bits per heavy atom. The van der Waals surface area contributed by atoms with Crippen LogP contribution in [0.25, 0.3) is 0 Å². The Kier molecular flexibility index (Phi) is 8.68. The molecule has 0 radical (unpaired) electrons. The van der Waals surface area contributed by atoms with E-state index in [0.717, 1.165) is 17.7 Å². The Labute approximate surface area is 181 Å². The van der Waals surface area contributed by atoms with E-state index in [0.29, 0.717) is 40.1 Å². The topological polar surface area (TPSA) is 29.5 Å². The first-order valence-electron chi connectivity index (χ1n) is 9.09. The third-order valence-corrected chi connectivity index (χ3v) is 5.24. The molecule has 0 aliphatic heterocycles. The Bertz CT molecular complexity index is 798. The third kappa shape index (κ3) is 5.66. The van der Waals surface area contributed by atoms with E-state index in [2.05, 4.69) is 6.58 Å². The Morgan fingerprint density at radius 1 is 1.18 bits per heavy atom. The van der Waals surface area contributed by atoms with Gasteiger partial charge in [0.1, 0.15) is 5.75 Å². The number of hydrogen-bond donors (Lipinski definition) is 0. The van der Waals surface area contributed by atoms with Crippen molar-refractivity contribution in [2.45, 2.75) is 32.2 Å². The van der Waals surface area contributed by atoms with E-state index in [-0.39, 0.29) is 11.8 Å². The van der Waals surface area contributed by atoms with Gasteiger partial charge in [0.05, 0.1) is 28.9 Å². The van der Waals surface area contributed by atoms with Gasteiger partial charge in [0, 0.05) is 18.0 Å². The molecule has 0 bridgehead atoms. The minimum atomic E-state index is -0.374. The van der Waals surface area contributed by atoms with Crippen LogP contribution >= 0.6 is 34.8 Å². The van der Waals surface area contributed by atoms with Crippen LogP contribution in [0.15, 0.2) is 49.1 Å². The molecule has 6 heteroatoms. The highest BCUT2D eigenvalue weighted by atomic mass is 35.5. The lowest BCUT2D eigenvalue weighted by molar-refractivity contribution is -0.119. The van der Waals surface area contributed by atoms with Crippen molar-refractivity contribution in [2.24, 2.45) is 0 Å². The molecular formula is C22H24Cl3NO2. The number of carbonyl (C=O) groups excluding carboxylic acids is 1. The van der Waals surface area contributed by atoms with E-state index in [4.69, 9.17) is 39.5 Å². The van der Waals surface area contributed by atoms with E-state index in [1.807, 2.05) is 36.1 Å². The molecule has 0 aliphatic rings. The minimum absolute atomic E-state index is 0.0935. The van der Waals surface area contributed by atoms with Crippen molar-refractivity contribution in [3.63, 3.8) is 0 Å². The number of ketones is 1. The van der Waals surface area contributed by atoms with Crippen molar-refractivity contribution in [1.82, 2.24) is 0 Å². The largest absolute Gasteiger partial charge is 0.497 e. The lowest BCUT2D eigenvalue weighted by Crippen LogP contribution is -2.42. The van der Waals surface area contributed by atoms with Crippen LogP contribution in [0, 0.1) is 0 Å². The van der Waals surface area contributed by atoms with Gasteiger partial charge >= 0.3 is 0 Å². The summed E-state index contributed by atoms with van der Waals surface area (Å²) < 4.78 is 5.18. The molecule has 0 fully saturated rings. The van der Waals surface area contributed by atoms with Gasteiger partial charge in [-0.05, 0) is 36.2 Å². The number of anilines is 1. The summed E-state index contributed by atoms with van der Waals surface area (Å²) in [4.78, 5) is 15.1. The van der Waals surface area contributed by atoms with Crippen LogP contribution in [0.3, 0.4) is 0 Å². The summed E-state index contributed by atoms with van der Waals surface area (Å²) >= 11 is 18.9. The third-order valence-electron chi connectivity index (χ3n) is 4.44. The molecule has 1 unspecified atom stereocenters. The number of carbonyl (C=O) groups is 1. The van der Waals surface area contributed by atoms with Gasteiger partial charge < -0.3 is 9.64 Å². The molecule has 0 saturated carbocycles. The van der Waals surface area contributed by atoms with Crippen molar-refractivity contribution in [2.75, 3.05) is 18.6 Å². The zero-order valence-corrected chi connectivity index (χ0v) is 18.3. The Balaban J connectivity index is 2.36. The lowest BCUT2D eigenvalue weighted by Gasteiger charge is -2.33. The molecule has 2 rings (SSSR count). The quantitative estimate of drug-likeness (QED) is 0.388. The van der Waals surface area contributed by atoms with Crippen molar-refractivity contribution < 1.29 is 9.53 Å². The van der Waals surface area contributed by atoms with Crippen molar-refractivity contribution >= 4 is 46.3 Å². The molecule has 0 aromatic heterocycles. The minimum Gasteiger partial charge on any atom is -0.497 e. The summed E-state index contributed by atoms with van der Waals surface area (Å²) in [6.45, 7) is 6.32. The fourth-order valence-corrected chi connectivity index (χ4v) is 4.18. The molecule has 0 N–H and O–H groups in total. The van der Waals surface area contributed by atoms with Gasteiger partial charge in [-0.15, -0.1) is 6.58 Å². The van der Waals surface area contributed by atoms with Crippen LogP contribution in [0.4, 0.5) is 5.69 Å². The number of ether oxygens (including phenoxy) is 1. The van der Waals surface area contributed by atoms with Crippen LogP contribution in [-0.2, 0) is 11.2 Å². The van der Waals surface area contributed by atoms with Crippen LogP contribution in [0.5, 0.6) is 5.75 Å². The molecule has 28 heavy (non-hydrogen) atoms. The lowest BCUT2D eigenvalue weighted by atomic mass is 9.98. The van der Waals surface area contributed by atoms with Crippen molar-refractivity contribution in [3.05, 3.63) is 69.7 Å². The predicted octanol–water partition coefficient (Wildman–Crippen LogP) is 6.63. The molecule has 0 aliphatic carbocycles. The van der Waals surface area contributed by atoms with Crippen LogP contribution in [-0.4, -0.2) is 25.5 Å².